The summed E-state index contributed by atoms with van der Waals surface area (Å²) in [5.41, 5.74) is 0.839. The van der Waals surface area contributed by atoms with Crippen molar-refractivity contribution in [2.75, 3.05) is 24.7 Å². The molecule has 1 aromatic heterocycles. The minimum Gasteiger partial charge on any atom is -0.369 e. The summed E-state index contributed by atoms with van der Waals surface area (Å²) >= 11 is 5.97. The molecule has 2 aromatic rings. The number of halogens is 1. The van der Waals surface area contributed by atoms with Crippen LogP contribution < -0.4 is 10.0 Å². The van der Waals surface area contributed by atoms with E-state index in [2.05, 4.69) is 20.0 Å². The van der Waals surface area contributed by atoms with E-state index in [-0.39, 0.29) is 12.3 Å². The average molecular weight is 327 g/mol. The van der Waals surface area contributed by atoms with Crippen molar-refractivity contribution in [2.45, 2.75) is 0 Å². The second-order valence-corrected chi connectivity index (χ2v) is 6.65. The van der Waals surface area contributed by atoms with Gasteiger partial charge in [0.15, 0.2) is 5.82 Å². The van der Waals surface area contributed by atoms with E-state index in [1.165, 1.54) is 7.05 Å². The number of rotatable bonds is 6. The lowest BCUT2D eigenvalue weighted by molar-refractivity contribution is 0.588. The van der Waals surface area contributed by atoms with Crippen LogP contribution in [0, 0.1) is 0 Å². The lowest BCUT2D eigenvalue weighted by Crippen LogP contribution is -2.26. The van der Waals surface area contributed by atoms with Crippen LogP contribution >= 0.6 is 11.6 Å². The summed E-state index contributed by atoms with van der Waals surface area (Å²) in [5, 5.41) is 3.23. The summed E-state index contributed by atoms with van der Waals surface area (Å²) in [7, 11) is -1.87. The van der Waals surface area contributed by atoms with Gasteiger partial charge in [-0.15, -0.1) is 0 Å². The zero-order chi connectivity index (χ0) is 15.3. The molecule has 0 aliphatic rings. The molecule has 0 unspecified atom stereocenters. The highest BCUT2D eigenvalue weighted by Gasteiger charge is 2.08. The van der Waals surface area contributed by atoms with Gasteiger partial charge in [-0.05, 0) is 7.05 Å². The third kappa shape index (κ3) is 4.66. The van der Waals surface area contributed by atoms with Crippen molar-refractivity contribution in [1.29, 1.82) is 0 Å². The van der Waals surface area contributed by atoms with Gasteiger partial charge in [-0.25, -0.2) is 23.1 Å². The Morgan fingerprint density at radius 3 is 2.57 bits per heavy atom. The van der Waals surface area contributed by atoms with Gasteiger partial charge in [0.2, 0.25) is 10.0 Å². The van der Waals surface area contributed by atoms with E-state index in [0.717, 1.165) is 5.56 Å². The van der Waals surface area contributed by atoms with Gasteiger partial charge in [0.1, 0.15) is 11.0 Å². The van der Waals surface area contributed by atoms with Gasteiger partial charge >= 0.3 is 0 Å². The lowest BCUT2D eigenvalue weighted by atomic mass is 10.2. The summed E-state index contributed by atoms with van der Waals surface area (Å²) in [6.07, 6.45) is 0. The molecule has 0 bridgehead atoms. The predicted octanol–water partition coefficient (Wildman–Crippen LogP) is 1.76. The van der Waals surface area contributed by atoms with Crippen molar-refractivity contribution < 1.29 is 8.42 Å². The second kappa shape index (κ2) is 6.84. The van der Waals surface area contributed by atoms with Crippen LogP contribution in [0.5, 0.6) is 0 Å². The Kier molecular flexibility index (Phi) is 5.11. The first-order chi connectivity index (χ1) is 10.00. The maximum Gasteiger partial charge on any atom is 0.213 e. The first kappa shape index (κ1) is 15.7. The number of benzene rings is 1. The van der Waals surface area contributed by atoms with Gasteiger partial charge in [-0.1, -0.05) is 41.9 Å². The average Bonchev–Trinajstić information content (AvgIpc) is 2.47. The predicted molar refractivity (Wildman–Crippen MR) is 83.8 cm³/mol. The minimum atomic E-state index is -3.25. The van der Waals surface area contributed by atoms with Crippen molar-refractivity contribution in [3.8, 4) is 11.4 Å². The minimum absolute atomic E-state index is 0.0498. The molecular weight excluding hydrogens is 312 g/mol. The molecular formula is C13H15ClN4O2S. The van der Waals surface area contributed by atoms with Crippen LogP contribution in [0.4, 0.5) is 5.82 Å². The fourth-order valence-electron chi connectivity index (χ4n) is 1.64. The molecule has 6 nitrogen and oxygen atoms in total. The zero-order valence-corrected chi connectivity index (χ0v) is 12.9. The summed E-state index contributed by atoms with van der Waals surface area (Å²) in [5.74, 6) is 0.924. The first-order valence-corrected chi connectivity index (χ1v) is 8.28. The van der Waals surface area contributed by atoms with E-state index >= 15 is 0 Å². The van der Waals surface area contributed by atoms with E-state index in [4.69, 9.17) is 11.6 Å². The molecule has 1 heterocycles. The molecule has 0 amide bonds. The number of sulfonamides is 1. The lowest BCUT2D eigenvalue weighted by Gasteiger charge is -2.08. The fraction of sp³-hybridized carbons (Fsp3) is 0.231. The molecule has 112 valence electrons. The normalized spacial score (nSPS) is 11.3. The van der Waals surface area contributed by atoms with Crippen LogP contribution in [0.25, 0.3) is 11.4 Å². The van der Waals surface area contributed by atoms with E-state index in [0.29, 0.717) is 16.8 Å². The van der Waals surface area contributed by atoms with Crippen LogP contribution in [0.2, 0.25) is 5.15 Å². The third-order valence-electron chi connectivity index (χ3n) is 2.71. The number of hydrogen-bond donors (Lipinski definition) is 2. The number of aromatic nitrogens is 2. The Bertz CT molecular complexity index is 707. The monoisotopic (exact) mass is 326 g/mol. The Hall–Kier alpha value is -1.70. The van der Waals surface area contributed by atoms with Crippen molar-refractivity contribution in [1.82, 2.24) is 14.7 Å². The fourth-order valence-corrected chi connectivity index (χ4v) is 2.40. The highest BCUT2D eigenvalue weighted by Crippen LogP contribution is 2.19. The molecule has 0 atom stereocenters. The van der Waals surface area contributed by atoms with Crippen molar-refractivity contribution in [2.24, 2.45) is 0 Å². The summed E-state index contributed by atoms with van der Waals surface area (Å²) in [6.45, 7) is 0.227. The maximum absolute atomic E-state index is 11.3. The Labute approximate surface area is 128 Å². The third-order valence-corrected chi connectivity index (χ3v) is 4.27. The van der Waals surface area contributed by atoms with E-state index in [1.54, 1.807) is 6.07 Å². The highest BCUT2D eigenvalue weighted by atomic mass is 35.5. The number of nitrogens with zero attached hydrogens (tertiary/aromatic N) is 2. The van der Waals surface area contributed by atoms with Crippen LogP contribution in [0.15, 0.2) is 36.4 Å². The smallest absolute Gasteiger partial charge is 0.213 e. The van der Waals surface area contributed by atoms with Crippen LogP contribution in [-0.2, 0) is 10.0 Å². The standard InChI is InChI=1S/C13H15ClN4O2S/c1-15-21(19,20)8-7-16-12-9-11(14)17-13(18-12)10-5-3-2-4-6-10/h2-6,9,15H,7-8H2,1H3,(H,16,17,18). The quantitative estimate of drug-likeness (QED) is 0.790. The molecule has 2 rings (SSSR count). The largest absolute Gasteiger partial charge is 0.369 e. The molecule has 0 saturated carbocycles. The molecule has 8 heteroatoms. The summed E-state index contributed by atoms with van der Waals surface area (Å²) in [4.78, 5) is 8.49. The molecule has 0 fully saturated rings. The van der Waals surface area contributed by atoms with Gasteiger partial charge in [-0.2, -0.15) is 0 Å². The maximum atomic E-state index is 11.3. The second-order valence-electron chi connectivity index (χ2n) is 4.22. The molecule has 0 aliphatic heterocycles. The van der Waals surface area contributed by atoms with Crippen molar-refractivity contribution in [3.63, 3.8) is 0 Å². The SMILES string of the molecule is CNS(=O)(=O)CCNc1cc(Cl)nc(-c2ccccc2)n1. The molecule has 0 aliphatic carbocycles. The molecule has 21 heavy (non-hydrogen) atoms. The van der Waals surface area contributed by atoms with Gasteiger partial charge in [0, 0.05) is 18.2 Å². The summed E-state index contributed by atoms with van der Waals surface area (Å²) in [6, 6.07) is 11.0. The van der Waals surface area contributed by atoms with Crippen molar-refractivity contribution in [3.05, 3.63) is 41.6 Å². The van der Waals surface area contributed by atoms with Gasteiger partial charge < -0.3 is 5.32 Å². The van der Waals surface area contributed by atoms with Crippen LogP contribution in [0.3, 0.4) is 0 Å². The first-order valence-electron chi connectivity index (χ1n) is 6.25. The highest BCUT2D eigenvalue weighted by molar-refractivity contribution is 7.89. The van der Waals surface area contributed by atoms with Crippen LogP contribution in [-0.4, -0.2) is 37.7 Å². The van der Waals surface area contributed by atoms with E-state index in [9.17, 15) is 8.42 Å². The molecule has 1 aromatic carbocycles. The molecule has 0 saturated heterocycles. The number of hydrogen-bond acceptors (Lipinski definition) is 5. The Morgan fingerprint density at radius 1 is 1.19 bits per heavy atom. The van der Waals surface area contributed by atoms with Crippen molar-refractivity contribution >= 4 is 27.4 Å². The van der Waals surface area contributed by atoms with Gasteiger partial charge in [0.05, 0.1) is 5.75 Å². The Balaban J connectivity index is 2.13. The number of anilines is 1. The topological polar surface area (TPSA) is 84.0 Å². The summed E-state index contributed by atoms with van der Waals surface area (Å²) < 4.78 is 24.9. The molecule has 0 radical (unpaired) electrons. The van der Waals surface area contributed by atoms with Gasteiger partial charge in [0.25, 0.3) is 0 Å². The number of nitrogens with one attached hydrogen (secondary N) is 2. The Morgan fingerprint density at radius 2 is 1.90 bits per heavy atom. The van der Waals surface area contributed by atoms with E-state index in [1.807, 2.05) is 30.3 Å². The van der Waals surface area contributed by atoms with Gasteiger partial charge in [-0.3, -0.25) is 0 Å². The van der Waals surface area contributed by atoms with Crippen LogP contribution in [0.1, 0.15) is 0 Å². The zero-order valence-electron chi connectivity index (χ0n) is 11.4. The molecule has 0 spiro atoms. The molecule has 2 N–H and O–H groups in total. The van der Waals surface area contributed by atoms with E-state index < -0.39 is 10.0 Å².